The lowest BCUT2D eigenvalue weighted by Crippen LogP contribution is -2.12. The van der Waals surface area contributed by atoms with E-state index in [-0.39, 0.29) is 34.1 Å². The Bertz CT molecular complexity index is 689. The first-order valence-electron chi connectivity index (χ1n) is 6.46. The molecule has 2 N–H and O–H groups in total. The molecule has 2 aromatic rings. The first kappa shape index (κ1) is 16.2. The van der Waals surface area contributed by atoms with Crippen LogP contribution in [0.3, 0.4) is 0 Å². The average Bonchev–Trinajstić information content (AvgIpc) is 2.54. The van der Waals surface area contributed by atoms with Gasteiger partial charge in [-0.05, 0) is 36.4 Å². The Labute approximate surface area is 131 Å². The second-order valence-corrected chi connectivity index (χ2v) is 4.45. The van der Waals surface area contributed by atoms with Gasteiger partial charge in [-0.3, -0.25) is 0 Å². The SMILES string of the molecule is COc1ccc(C(=O)OC(=O)c2ccc(OC)c(O)c2)cc1O. The van der Waals surface area contributed by atoms with Gasteiger partial charge in [0.1, 0.15) is 0 Å². The molecule has 0 amide bonds. The molecular weight excluding hydrogens is 304 g/mol. The minimum Gasteiger partial charge on any atom is -0.504 e. The van der Waals surface area contributed by atoms with Crippen LogP contribution in [0.25, 0.3) is 0 Å². The zero-order valence-corrected chi connectivity index (χ0v) is 12.4. The van der Waals surface area contributed by atoms with Crippen LogP contribution in [0.2, 0.25) is 0 Å². The van der Waals surface area contributed by atoms with E-state index in [2.05, 4.69) is 0 Å². The third-order valence-corrected chi connectivity index (χ3v) is 3.01. The molecule has 0 spiro atoms. The highest BCUT2D eigenvalue weighted by Gasteiger charge is 2.18. The predicted molar refractivity (Wildman–Crippen MR) is 79.1 cm³/mol. The number of methoxy groups -OCH3 is 2. The molecule has 0 bridgehead atoms. The Balaban J connectivity index is 2.15. The van der Waals surface area contributed by atoms with Crippen LogP contribution in [0.1, 0.15) is 20.7 Å². The topological polar surface area (TPSA) is 102 Å². The van der Waals surface area contributed by atoms with E-state index in [1.54, 1.807) is 0 Å². The van der Waals surface area contributed by atoms with Crippen LogP contribution in [0.4, 0.5) is 0 Å². The third kappa shape index (κ3) is 3.52. The van der Waals surface area contributed by atoms with Gasteiger partial charge in [0.25, 0.3) is 0 Å². The van der Waals surface area contributed by atoms with Crippen molar-refractivity contribution in [3.8, 4) is 23.0 Å². The van der Waals surface area contributed by atoms with E-state index in [4.69, 9.17) is 14.2 Å². The summed E-state index contributed by atoms with van der Waals surface area (Å²) in [5, 5.41) is 19.2. The Hall–Kier alpha value is -3.22. The maximum absolute atomic E-state index is 11.9. The smallest absolute Gasteiger partial charge is 0.346 e. The number of carbonyl (C=O) groups excluding carboxylic acids is 2. The summed E-state index contributed by atoms with van der Waals surface area (Å²) < 4.78 is 14.4. The lowest BCUT2D eigenvalue weighted by Gasteiger charge is -2.07. The van der Waals surface area contributed by atoms with E-state index in [0.717, 1.165) is 12.1 Å². The number of benzene rings is 2. The lowest BCUT2D eigenvalue weighted by molar-refractivity contribution is 0.0397. The molecule has 0 aromatic heterocycles. The molecule has 0 fully saturated rings. The summed E-state index contributed by atoms with van der Waals surface area (Å²) in [6, 6.07) is 7.68. The quantitative estimate of drug-likeness (QED) is 0.657. The van der Waals surface area contributed by atoms with Gasteiger partial charge in [0.05, 0.1) is 25.3 Å². The van der Waals surface area contributed by atoms with E-state index in [1.165, 1.54) is 38.5 Å². The molecule has 0 aliphatic rings. The van der Waals surface area contributed by atoms with Gasteiger partial charge in [0, 0.05) is 0 Å². The van der Waals surface area contributed by atoms with Gasteiger partial charge in [0.15, 0.2) is 23.0 Å². The molecule has 0 saturated heterocycles. The fourth-order valence-electron chi connectivity index (χ4n) is 1.84. The number of carbonyl (C=O) groups is 2. The molecule has 0 aliphatic carbocycles. The minimum absolute atomic E-state index is 0.0191. The van der Waals surface area contributed by atoms with E-state index in [1.807, 2.05) is 0 Å². The van der Waals surface area contributed by atoms with Gasteiger partial charge < -0.3 is 24.4 Å². The maximum atomic E-state index is 11.9. The second kappa shape index (κ2) is 6.69. The molecule has 0 aliphatic heterocycles. The minimum atomic E-state index is -0.941. The van der Waals surface area contributed by atoms with Gasteiger partial charge in [-0.1, -0.05) is 0 Å². The summed E-state index contributed by atoms with van der Waals surface area (Å²) in [7, 11) is 2.74. The monoisotopic (exact) mass is 318 g/mol. The van der Waals surface area contributed by atoms with Crippen LogP contribution >= 0.6 is 0 Å². The van der Waals surface area contributed by atoms with Crippen LogP contribution < -0.4 is 9.47 Å². The largest absolute Gasteiger partial charge is 0.504 e. The molecule has 120 valence electrons. The van der Waals surface area contributed by atoms with Crippen molar-refractivity contribution >= 4 is 11.9 Å². The maximum Gasteiger partial charge on any atom is 0.346 e. The van der Waals surface area contributed by atoms with Gasteiger partial charge in [0.2, 0.25) is 0 Å². The number of rotatable bonds is 4. The Morgan fingerprint density at radius 2 is 1.17 bits per heavy atom. The Morgan fingerprint density at radius 1 is 0.783 bits per heavy atom. The molecule has 2 aromatic carbocycles. The number of ether oxygens (including phenoxy) is 3. The first-order valence-corrected chi connectivity index (χ1v) is 6.46. The van der Waals surface area contributed by atoms with Crippen LogP contribution in [0.5, 0.6) is 23.0 Å². The molecule has 23 heavy (non-hydrogen) atoms. The zero-order chi connectivity index (χ0) is 17.0. The van der Waals surface area contributed by atoms with Crippen molar-refractivity contribution in [2.24, 2.45) is 0 Å². The molecule has 0 atom stereocenters. The summed E-state index contributed by atoms with van der Waals surface area (Å²) in [5.41, 5.74) is -0.0382. The number of phenols is 2. The number of aromatic hydroxyl groups is 2. The fourth-order valence-corrected chi connectivity index (χ4v) is 1.84. The van der Waals surface area contributed by atoms with Crippen molar-refractivity contribution in [3.05, 3.63) is 47.5 Å². The van der Waals surface area contributed by atoms with Crippen molar-refractivity contribution < 1.29 is 34.0 Å². The molecule has 0 saturated carbocycles. The van der Waals surface area contributed by atoms with E-state index in [9.17, 15) is 19.8 Å². The van der Waals surface area contributed by atoms with Gasteiger partial charge >= 0.3 is 11.9 Å². The Kier molecular flexibility index (Phi) is 4.70. The number of hydrogen-bond acceptors (Lipinski definition) is 7. The highest BCUT2D eigenvalue weighted by Crippen LogP contribution is 2.28. The van der Waals surface area contributed by atoms with Crippen LogP contribution in [-0.2, 0) is 4.74 Å². The number of esters is 2. The van der Waals surface area contributed by atoms with Gasteiger partial charge in [-0.15, -0.1) is 0 Å². The van der Waals surface area contributed by atoms with Gasteiger partial charge in [-0.25, -0.2) is 9.59 Å². The standard InChI is InChI=1S/C16H14O7/c1-21-13-5-3-9(7-11(13)17)15(19)23-16(20)10-4-6-14(22-2)12(18)8-10/h3-8,17-18H,1-2H3. The molecule has 7 nitrogen and oxygen atoms in total. The van der Waals surface area contributed by atoms with Crippen molar-refractivity contribution in [1.29, 1.82) is 0 Å². The summed E-state index contributed by atoms with van der Waals surface area (Å²) in [5.74, 6) is -2.01. The van der Waals surface area contributed by atoms with Crippen LogP contribution in [0.15, 0.2) is 36.4 Å². The van der Waals surface area contributed by atoms with Crippen LogP contribution in [0, 0.1) is 0 Å². The normalized spacial score (nSPS) is 10.0. The average molecular weight is 318 g/mol. The summed E-state index contributed by atoms with van der Waals surface area (Å²) in [4.78, 5) is 23.8. The van der Waals surface area contributed by atoms with Crippen molar-refractivity contribution in [3.63, 3.8) is 0 Å². The predicted octanol–water partition coefficient (Wildman–Crippen LogP) is 2.11. The van der Waals surface area contributed by atoms with Crippen molar-refractivity contribution in [2.75, 3.05) is 14.2 Å². The lowest BCUT2D eigenvalue weighted by atomic mass is 10.2. The van der Waals surface area contributed by atoms with E-state index in [0.29, 0.717) is 0 Å². The van der Waals surface area contributed by atoms with E-state index < -0.39 is 11.9 Å². The summed E-state index contributed by atoms with van der Waals surface area (Å²) >= 11 is 0. The van der Waals surface area contributed by atoms with Gasteiger partial charge in [-0.2, -0.15) is 0 Å². The highest BCUT2D eigenvalue weighted by molar-refractivity contribution is 6.03. The molecular formula is C16H14O7. The molecule has 0 radical (unpaired) electrons. The number of hydrogen-bond donors (Lipinski definition) is 2. The fraction of sp³-hybridized carbons (Fsp3) is 0.125. The van der Waals surface area contributed by atoms with E-state index >= 15 is 0 Å². The molecule has 7 heteroatoms. The van der Waals surface area contributed by atoms with Crippen LogP contribution in [-0.4, -0.2) is 36.4 Å². The molecule has 2 rings (SSSR count). The summed E-state index contributed by atoms with van der Waals surface area (Å²) in [6.07, 6.45) is 0. The van der Waals surface area contributed by atoms with Crippen molar-refractivity contribution in [2.45, 2.75) is 0 Å². The zero-order valence-electron chi connectivity index (χ0n) is 12.4. The molecule has 0 heterocycles. The number of phenolic OH excluding ortho intramolecular Hbond substituents is 2. The Morgan fingerprint density at radius 3 is 1.48 bits per heavy atom. The molecule has 0 unspecified atom stereocenters. The summed E-state index contributed by atoms with van der Waals surface area (Å²) in [6.45, 7) is 0. The highest BCUT2D eigenvalue weighted by atomic mass is 16.6. The first-order chi connectivity index (χ1) is 11.0. The third-order valence-electron chi connectivity index (χ3n) is 3.01. The second-order valence-electron chi connectivity index (χ2n) is 4.45. The van der Waals surface area contributed by atoms with Crippen molar-refractivity contribution in [1.82, 2.24) is 0 Å².